The maximum atomic E-state index is 12.5. The van der Waals surface area contributed by atoms with Gasteiger partial charge in [0.05, 0.1) is 5.69 Å². The van der Waals surface area contributed by atoms with Crippen molar-refractivity contribution in [3.8, 4) is 5.69 Å². The van der Waals surface area contributed by atoms with E-state index in [9.17, 15) is 18.0 Å². The van der Waals surface area contributed by atoms with Crippen molar-refractivity contribution in [2.24, 2.45) is 0 Å². The fraction of sp³-hybridized carbons (Fsp3) is 0.250. The molecule has 0 unspecified atom stereocenters. The zero-order valence-corrected chi connectivity index (χ0v) is 9.80. The molecule has 0 radical (unpaired) electrons. The van der Waals surface area contributed by atoms with Gasteiger partial charge in [-0.1, -0.05) is 17.7 Å². The lowest BCUT2D eigenvalue weighted by Gasteiger charge is -2.06. The van der Waals surface area contributed by atoms with Gasteiger partial charge < -0.3 is 0 Å². The number of aromatic amines is 1. The topological polar surface area (TPSA) is 37.8 Å². The molecule has 0 aliphatic carbocycles. The molecule has 0 aliphatic rings. The summed E-state index contributed by atoms with van der Waals surface area (Å²) in [4.78, 5) is 11.7. The molecule has 0 aliphatic heterocycles. The zero-order valence-electron chi connectivity index (χ0n) is 9.80. The number of benzene rings is 1. The van der Waals surface area contributed by atoms with E-state index in [1.807, 2.05) is 6.92 Å². The van der Waals surface area contributed by atoms with E-state index < -0.39 is 17.3 Å². The molecule has 96 valence electrons. The van der Waals surface area contributed by atoms with E-state index in [1.165, 1.54) is 0 Å². The lowest BCUT2D eigenvalue weighted by Crippen LogP contribution is -2.23. The van der Waals surface area contributed by atoms with Gasteiger partial charge in [-0.25, -0.2) is 4.68 Å². The number of rotatable bonds is 1. The smallest absolute Gasteiger partial charge is 0.298 e. The van der Waals surface area contributed by atoms with Crippen molar-refractivity contribution in [3.63, 3.8) is 0 Å². The molecule has 1 heterocycles. The molecule has 2 aromatic rings. The SMILES string of the molecule is Cc1ccc(-n2[nH]cc(C(F)(F)F)c2=O)c(C)c1. The van der Waals surface area contributed by atoms with Gasteiger partial charge in [-0.15, -0.1) is 0 Å². The first kappa shape index (κ1) is 12.5. The second-order valence-electron chi connectivity index (χ2n) is 4.12. The molecule has 0 fully saturated rings. The Hall–Kier alpha value is -1.98. The quantitative estimate of drug-likeness (QED) is 0.837. The third-order valence-electron chi connectivity index (χ3n) is 2.67. The number of halogens is 3. The summed E-state index contributed by atoms with van der Waals surface area (Å²) in [6, 6.07) is 5.15. The summed E-state index contributed by atoms with van der Waals surface area (Å²) in [5.74, 6) is 0. The lowest BCUT2D eigenvalue weighted by molar-refractivity contribution is -0.138. The van der Waals surface area contributed by atoms with Gasteiger partial charge in [0.2, 0.25) is 0 Å². The third kappa shape index (κ3) is 2.05. The summed E-state index contributed by atoms with van der Waals surface area (Å²) in [7, 11) is 0. The molecule has 3 nitrogen and oxygen atoms in total. The van der Waals surface area contributed by atoms with Gasteiger partial charge in [-0.2, -0.15) is 13.2 Å². The number of hydrogen-bond acceptors (Lipinski definition) is 1. The van der Waals surface area contributed by atoms with Crippen molar-refractivity contribution >= 4 is 0 Å². The number of hydrogen-bond donors (Lipinski definition) is 1. The summed E-state index contributed by atoms with van der Waals surface area (Å²) in [6.45, 7) is 3.61. The van der Waals surface area contributed by atoms with Crippen LogP contribution in [0.4, 0.5) is 13.2 Å². The van der Waals surface area contributed by atoms with Crippen LogP contribution in [-0.2, 0) is 6.18 Å². The van der Waals surface area contributed by atoms with Crippen LogP contribution in [0.25, 0.3) is 5.69 Å². The van der Waals surface area contributed by atoms with Crippen LogP contribution in [0.3, 0.4) is 0 Å². The number of nitrogens with zero attached hydrogens (tertiary/aromatic N) is 1. The minimum absolute atomic E-state index is 0.418. The molecule has 0 saturated carbocycles. The Labute approximate surface area is 101 Å². The first-order valence-corrected chi connectivity index (χ1v) is 5.26. The molecule has 0 bridgehead atoms. The molecule has 2 rings (SSSR count). The number of aromatic nitrogens is 2. The van der Waals surface area contributed by atoms with Crippen LogP contribution < -0.4 is 5.56 Å². The van der Waals surface area contributed by atoms with Crippen molar-refractivity contribution in [1.82, 2.24) is 9.78 Å². The summed E-state index contributed by atoms with van der Waals surface area (Å²) in [5.41, 5.74) is -0.155. The van der Waals surface area contributed by atoms with Gasteiger partial charge in [-0.3, -0.25) is 9.89 Å². The Morgan fingerprint density at radius 2 is 1.89 bits per heavy atom. The largest absolute Gasteiger partial charge is 0.423 e. The molecule has 6 heteroatoms. The third-order valence-corrected chi connectivity index (χ3v) is 2.67. The van der Waals surface area contributed by atoms with Gasteiger partial charge in [-0.05, 0) is 25.5 Å². The highest BCUT2D eigenvalue weighted by Gasteiger charge is 2.35. The molecule has 1 aromatic carbocycles. The Balaban J connectivity index is 2.60. The fourth-order valence-electron chi connectivity index (χ4n) is 1.81. The van der Waals surface area contributed by atoms with Crippen molar-refractivity contribution < 1.29 is 13.2 Å². The molecule has 1 aromatic heterocycles. The maximum Gasteiger partial charge on any atom is 0.423 e. The van der Waals surface area contributed by atoms with Gasteiger partial charge in [0, 0.05) is 6.20 Å². The van der Waals surface area contributed by atoms with E-state index in [4.69, 9.17) is 0 Å². The number of alkyl halides is 3. The Bertz CT molecular complexity index is 638. The normalized spacial score (nSPS) is 11.8. The van der Waals surface area contributed by atoms with Crippen molar-refractivity contribution in [2.45, 2.75) is 20.0 Å². The molecular formula is C12H11F3N2O. The van der Waals surface area contributed by atoms with Crippen LogP contribution in [0.1, 0.15) is 16.7 Å². The van der Waals surface area contributed by atoms with Gasteiger partial charge in [0.15, 0.2) is 0 Å². The molecule has 0 amide bonds. The highest BCUT2D eigenvalue weighted by molar-refractivity contribution is 5.42. The van der Waals surface area contributed by atoms with Crippen LogP contribution in [0.15, 0.2) is 29.2 Å². The second-order valence-corrected chi connectivity index (χ2v) is 4.12. The number of nitrogens with one attached hydrogen (secondary N) is 1. The number of aryl methyl sites for hydroxylation is 2. The fourth-order valence-corrected chi connectivity index (χ4v) is 1.81. The van der Waals surface area contributed by atoms with E-state index in [0.717, 1.165) is 15.8 Å². The summed E-state index contributed by atoms with van der Waals surface area (Å²) in [6.07, 6.45) is -3.96. The van der Waals surface area contributed by atoms with E-state index in [-0.39, 0.29) is 0 Å². The first-order chi connectivity index (χ1) is 8.30. The standard InChI is InChI=1S/C12H11F3N2O/c1-7-3-4-10(8(2)5-7)17-11(18)9(6-16-17)12(13,14)15/h3-6,16H,1-2H3. The van der Waals surface area contributed by atoms with Gasteiger partial charge in [0.25, 0.3) is 5.56 Å². The Kier molecular flexibility index (Phi) is 2.80. The summed E-state index contributed by atoms with van der Waals surface area (Å²) in [5, 5.41) is 2.34. The minimum atomic E-state index is -4.64. The predicted octanol–water partition coefficient (Wildman–Crippen LogP) is 2.80. The molecule has 0 spiro atoms. The highest BCUT2D eigenvalue weighted by atomic mass is 19.4. The molecule has 1 N–H and O–H groups in total. The predicted molar refractivity (Wildman–Crippen MR) is 60.9 cm³/mol. The van der Waals surface area contributed by atoms with Crippen LogP contribution in [-0.4, -0.2) is 9.78 Å². The highest BCUT2D eigenvalue weighted by Crippen LogP contribution is 2.26. The van der Waals surface area contributed by atoms with E-state index >= 15 is 0 Å². The van der Waals surface area contributed by atoms with Crippen LogP contribution in [0.2, 0.25) is 0 Å². The minimum Gasteiger partial charge on any atom is -0.298 e. The van der Waals surface area contributed by atoms with Crippen molar-refractivity contribution in [1.29, 1.82) is 0 Å². The molecule has 18 heavy (non-hydrogen) atoms. The van der Waals surface area contributed by atoms with Crippen molar-refractivity contribution in [2.75, 3.05) is 0 Å². The Morgan fingerprint density at radius 3 is 2.39 bits per heavy atom. The van der Waals surface area contributed by atoms with Gasteiger partial charge in [0.1, 0.15) is 5.56 Å². The lowest BCUT2D eigenvalue weighted by atomic mass is 10.1. The Morgan fingerprint density at radius 1 is 1.22 bits per heavy atom. The maximum absolute atomic E-state index is 12.5. The average molecular weight is 256 g/mol. The van der Waals surface area contributed by atoms with Crippen LogP contribution >= 0.6 is 0 Å². The van der Waals surface area contributed by atoms with E-state index in [2.05, 4.69) is 5.10 Å². The zero-order chi connectivity index (χ0) is 13.5. The van der Waals surface area contributed by atoms with Crippen molar-refractivity contribution in [3.05, 3.63) is 51.4 Å². The molecule has 0 atom stereocenters. The van der Waals surface area contributed by atoms with E-state index in [0.29, 0.717) is 11.9 Å². The average Bonchev–Trinajstić information content (AvgIpc) is 2.60. The van der Waals surface area contributed by atoms with Crippen LogP contribution in [0.5, 0.6) is 0 Å². The molecule has 0 saturated heterocycles. The van der Waals surface area contributed by atoms with Crippen LogP contribution in [0, 0.1) is 13.8 Å². The summed E-state index contributed by atoms with van der Waals surface area (Å²) < 4.78 is 38.4. The first-order valence-electron chi connectivity index (χ1n) is 5.26. The number of H-pyrrole nitrogens is 1. The monoisotopic (exact) mass is 256 g/mol. The van der Waals surface area contributed by atoms with Gasteiger partial charge >= 0.3 is 6.18 Å². The second kappa shape index (κ2) is 4.04. The molecular weight excluding hydrogens is 245 g/mol. The van der Waals surface area contributed by atoms with E-state index in [1.54, 1.807) is 25.1 Å². The summed E-state index contributed by atoms with van der Waals surface area (Å²) >= 11 is 0.